The van der Waals surface area contributed by atoms with Gasteiger partial charge in [0, 0.05) is 5.92 Å². The van der Waals surface area contributed by atoms with Crippen LogP contribution in [-0.2, 0) is 42.6 Å². The van der Waals surface area contributed by atoms with Gasteiger partial charge in [0.05, 0.1) is 45.6 Å². The van der Waals surface area contributed by atoms with E-state index in [2.05, 4.69) is 0 Å². The van der Waals surface area contributed by atoms with Crippen LogP contribution in [0.5, 0.6) is 0 Å². The first-order valence-electron chi connectivity index (χ1n) is 23.0. The minimum atomic E-state index is -1.76. The second kappa shape index (κ2) is 22.8. The quantitative estimate of drug-likeness (QED) is 0.0511. The minimum absolute atomic E-state index is 0.0975. The molecule has 0 radical (unpaired) electrons. The monoisotopic (exact) mass is 970 g/mol. The Morgan fingerprint density at radius 2 is 0.806 bits per heavy atom. The molecule has 15 nitrogen and oxygen atoms in total. The molecule has 2 heterocycles. The summed E-state index contributed by atoms with van der Waals surface area (Å²) in [5.74, 6) is -6.22. The summed E-state index contributed by atoms with van der Waals surface area (Å²) in [6.45, 7) is -0.898. The number of hydrogen-bond donors (Lipinski definition) is 0. The lowest BCUT2D eigenvalue weighted by Crippen LogP contribution is -2.64. The van der Waals surface area contributed by atoms with Gasteiger partial charge in [-0.05, 0) is 90.5 Å². The maximum Gasteiger partial charge on any atom is 0.338 e. The fraction of sp³-hybridized carbons (Fsp3) is 0.193. The molecule has 15 heteroatoms. The van der Waals surface area contributed by atoms with Crippen molar-refractivity contribution in [3.63, 3.8) is 0 Å². The third-order valence-corrected chi connectivity index (χ3v) is 12.0. The number of rotatable bonds is 16. The highest BCUT2D eigenvalue weighted by Crippen LogP contribution is 2.43. The van der Waals surface area contributed by atoms with Crippen LogP contribution in [0.1, 0.15) is 62.1 Å². The fourth-order valence-corrected chi connectivity index (χ4v) is 8.48. The normalized spacial score (nSPS) is 22.9. The first-order valence-corrected chi connectivity index (χ1v) is 23.0. The van der Waals surface area contributed by atoms with Gasteiger partial charge in [0.15, 0.2) is 18.3 Å². The smallest absolute Gasteiger partial charge is 0.338 e. The van der Waals surface area contributed by atoms with Crippen LogP contribution in [0.15, 0.2) is 206 Å². The van der Waals surface area contributed by atoms with Crippen LogP contribution in [0.3, 0.4) is 0 Å². The second-order valence-corrected chi connectivity index (χ2v) is 16.7. The first-order chi connectivity index (χ1) is 35.2. The van der Waals surface area contributed by atoms with Crippen LogP contribution in [0.4, 0.5) is 0 Å². The number of esters is 6. The van der Waals surface area contributed by atoms with Gasteiger partial charge in [0.2, 0.25) is 12.6 Å². The predicted molar refractivity (Wildman–Crippen MR) is 255 cm³/mol. The lowest BCUT2D eigenvalue weighted by atomic mass is 9.88. The van der Waals surface area contributed by atoms with Crippen LogP contribution in [-0.4, -0.2) is 92.1 Å². The summed E-state index contributed by atoms with van der Waals surface area (Å²) in [6, 6.07) is 48.8. The Balaban J connectivity index is 1.10. The molecule has 1 fully saturated rings. The van der Waals surface area contributed by atoms with E-state index in [1.54, 1.807) is 158 Å². The van der Waals surface area contributed by atoms with E-state index in [0.717, 1.165) is 0 Å². The van der Waals surface area contributed by atoms with E-state index in [0.29, 0.717) is 16.7 Å². The van der Waals surface area contributed by atoms with Crippen molar-refractivity contribution in [3.8, 4) is 0 Å². The Kier molecular flexibility index (Phi) is 15.3. The number of carbonyl (C=O) groups is 6. The molecule has 0 spiro atoms. The molecule has 9 rings (SSSR count). The number of fused-ring (bicyclic) bond motifs is 1. The van der Waals surface area contributed by atoms with Crippen molar-refractivity contribution < 1.29 is 71.4 Å². The van der Waals surface area contributed by atoms with Crippen LogP contribution in [0, 0.1) is 11.8 Å². The van der Waals surface area contributed by atoms with Crippen LogP contribution in [0.2, 0.25) is 0 Å². The van der Waals surface area contributed by atoms with E-state index in [-0.39, 0.29) is 28.9 Å². The Morgan fingerprint density at radius 3 is 1.26 bits per heavy atom. The van der Waals surface area contributed by atoms with Gasteiger partial charge in [-0.2, -0.15) is 0 Å². The molecule has 6 aromatic carbocycles. The van der Waals surface area contributed by atoms with E-state index >= 15 is 0 Å². The van der Waals surface area contributed by atoms with Gasteiger partial charge in [-0.15, -0.1) is 0 Å². The van der Waals surface area contributed by atoms with Crippen molar-refractivity contribution in [2.45, 2.75) is 43.1 Å². The highest BCUT2D eigenvalue weighted by Gasteiger charge is 2.56. The van der Waals surface area contributed by atoms with Crippen LogP contribution >= 0.6 is 0 Å². The molecule has 0 N–H and O–H groups in total. The third kappa shape index (κ3) is 11.5. The summed E-state index contributed by atoms with van der Waals surface area (Å²) in [5, 5.41) is 0. The molecule has 6 aromatic rings. The number of ether oxygens (including phenoxy) is 9. The Labute approximate surface area is 413 Å². The molecule has 364 valence electrons. The molecule has 72 heavy (non-hydrogen) atoms. The number of benzene rings is 6. The summed E-state index contributed by atoms with van der Waals surface area (Å²) >= 11 is 0. The topological polar surface area (TPSA) is 185 Å². The maximum atomic E-state index is 14.2. The fourth-order valence-electron chi connectivity index (χ4n) is 8.48. The molecule has 2 aliphatic heterocycles. The maximum absolute atomic E-state index is 14.2. The van der Waals surface area contributed by atoms with Crippen molar-refractivity contribution in [1.82, 2.24) is 0 Å². The molecule has 0 aromatic heterocycles. The third-order valence-electron chi connectivity index (χ3n) is 12.0. The zero-order valence-electron chi connectivity index (χ0n) is 38.3. The molecular weight excluding hydrogens is 925 g/mol. The molecule has 1 aliphatic carbocycles. The van der Waals surface area contributed by atoms with E-state index in [1.165, 1.54) is 42.7 Å². The van der Waals surface area contributed by atoms with E-state index in [9.17, 15) is 28.8 Å². The average Bonchev–Trinajstić information content (AvgIpc) is 3.79. The predicted octanol–water partition coefficient (Wildman–Crippen LogP) is 8.39. The van der Waals surface area contributed by atoms with E-state index in [4.69, 9.17) is 42.6 Å². The highest BCUT2D eigenvalue weighted by atomic mass is 16.8. The summed E-state index contributed by atoms with van der Waals surface area (Å²) < 4.78 is 56.0. The lowest BCUT2D eigenvalue weighted by molar-refractivity contribution is -0.337. The van der Waals surface area contributed by atoms with Crippen molar-refractivity contribution in [2.24, 2.45) is 11.8 Å². The number of carbonyl (C=O) groups excluding carboxylic acids is 6. The largest absolute Gasteiger partial charge is 0.472 e. The first kappa shape index (κ1) is 48.4. The summed E-state index contributed by atoms with van der Waals surface area (Å²) in [4.78, 5) is 82.9. The van der Waals surface area contributed by atoms with Gasteiger partial charge in [-0.25, -0.2) is 28.8 Å². The Bertz CT molecular complexity index is 2900. The number of hydrogen-bond acceptors (Lipinski definition) is 15. The van der Waals surface area contributed by atoms with Gasteiger partial charge >= 0.3 is 35.8 Å². The van der Waals surface area contributed by atoms with Gasteiger partial charge in [-0.3, -0.25) is 0 Å². The van der Waals surface area contributed by atoms with Crippen LogP contribution < -0.4 is 0 Å². The Hall–Kier alpha value is -8.66. The SMILES string of the molecule is O=C(OCC1=C[C@@H](OC(=O)c2ccccc2)[C@@H]2C=CO[C@H](O[C@@H]3O[C@H](COC(=O)c4ccccc4)[C@@H](OC(=O)c4ccccc4)[C@H](OC(=O)c4ccccc4)[C@@H]3OC(=O)c3ccccc3)[C@H]12)c1ccccc1. The second-order valence-electron chi connectivity index (χ2n) is 16.7. The van der Waals surface area contributed by atoms with Crippen molar-refractivity contribution in [3.05, 3.63) is 239 Å². The zero-order valence-corrected chi connectivity index (χ0v) is 38.3. The minimum Gasteiger partial charge on any atom is -0.472 e. The van der Waals surface area contributed by atoms with Crippen molar-refractivity contribution in [1.29, 1.82) is 0 Å². The summed E-state index contributed by atoms with van der Waals surface area (Å²) in [7, 11) is 0. The molecule has 3 aliphatic rings. The van der Waals surface area contributed by atoms with Crippen molar-refractivity contribution in [2.75, 3.05) is 13.2 Å². The standard InChI is InChI=1S/C57H46O15/c58-50(36-19-7-1-8-20-36)65-34-42-33-44(67-52(60)38-23-11-3-12-24-38)43-31-32-64-56(46(42)43)72-57-49(71-55(63)41-29-17-6-18-30-41)48(70-54(62)40-27-15-5-16-28-40)47(69-53(61)39-25-13-4-14-26-39)45(68-57)35-66-51(59)37-21-9-2-10-22-37/h1-33,43-49,56-57H,34-35H2/t43-,44+,45+,46+,47+,48-,49-,56+,57-/m0/s1. The van der Waals surface area contributed by atoms with Crippen molar-refractivity contribution >= 4 is 35.8 Å². The molecular formula is C57H46O15. The average molecular weight is 971 g/mol. The molecule has 0 amide bonds. The van der Waals surface area contributed by atoms with Gasteiger partial charge in [0.25, 0.3) is 0 Å². The zero-order chi connectivity index (χ0) is 49.8. The van der Waals surface area contributed by atoms with E-state index in [1.807, 2.05) is 0 Å². The molecule has 9 atom stereocenters. The summed E-state index contributed by atoms with van der Waals surface area (Å²) in [5.41, 5.74) is 1.54. The van der Waals surface area contributed by atoms with Gasteiger partial charge in [0.1, 0.15) is 25.4 Å². The molecule has 1 saturated heterocycles. The lowest BCUT2D eigenvalue weighted by Gasteiger charge is -2.46. The molecule has 0 saturated carbocycles. The van der Waals surface area contributed by atoms with Gasteiger partial charge < -0.3 is 42.6 Å². The molecule has 0 bridgehead atoms. The van der Waals surface area contributed by atoms with Crippen LogP contribution in [0.25, 0.3) is 0 Å². The van der Waals surface area contributed by atoms with Gasteiger partial charge in [-0.1, -0.05) is 109 Å². The Morgan fingerprint density at radius 1 is 0.417 bits per heavy atom. The highest BCUT2D eigenvalue weighted by molar-refractivity contribution is 5.92. The summed E-state index contributed by atoms with van der Waals surface area (Å²) in [6.07, 6.45) is -5.95. The molecule has 0 unspecified atom stereocenters. The van der Waals surface area contributed by atoms with E-state index < -0.39 is 97.4 Å².